The predicted octanol–water partition coefficient (Wildman–Crippen LogP) is 3.76. The molecule has 0 atom stereocenters. The van der Waals surface area contributed by atoms with Gasteiger partial charge in [0, 0.05) is 12.1 Å². The summed E-state index contributed by atoms with van der Waals surface area (Å²) in [5.41, 5.74) is 1.34. The van der Waals surface area contributed by atoms with Gasteiger partial charge in [-0.15, -0.1) is 0 Å². The fourth-order valence-electron chi connectivity index (χ4n) is 2.21. The molecule has 0 saturated heterocycles. The van der Waals surface area contributed by atoms with Crippen molar-refractivity contribution in [2.24, 2.45) is 0 Å². The highest BCUT2D eigenvalue weighted by atomic mass is 19.3. The van der Waals surface area contributed by atoms with Crippen molar-refractivity contribution in [1.29, 1.82) is 0 Å². The zero-order chi connectivity index (χ0) is 15.4. The Labute approximate surface area is 121 Å². The summed E-state index contributed by atoms with van der Waals surface area (Å²) in [5, 5.41) is 7.14. The van der Waals surface area contributed by atoms with Crippen LogP contribution in [0.15, 0.2) is 24.4 Å². The lowest BCUT2D eigenvalue weighted by atomic mass is 10.2. The number of nitrogens with zero attached hydrogens (tertiary/aromatic N) is 2. The molecule has 1 aromatic carbocycles. The molecule has 2 aromatic rings. The van der Waals surface area contributed by atoms with Crippen LogP contribution in [0, 0.1) is 12.7 Å². The third-order valence-electron chi connectivity index (χ3n) is 3.22. The molecule has 0 aliphatic rings. The number of aryl methyl sites for hydroxylation is 1. The van der Waals surface area contributed by atoms with E-state index in [2.05, 4.69) is 10.4 Å². The molecule has 0 radical (unpaired) electrons. The van der Waals surface area contributed by atoms with Crippen molar-refractivity contribution in [2.75, 3.05) is 6.54 Å². The van der Waals surface area contributed by atoms with Gasteiger partial charge in [-0.1, -0.05) is 6.92 Å². The van der Waals surface area contributed by atoms with Crippen LogP contribution in [0.5, 0.6) is 0 Å². The van der Waals surface area contributed by atoms with Gasteiger partial charge in [-0.3, -0.25) is 0 Å². The number of halogens is 3. The molecular weight excluding hydrogens is 279 g/mol. The fourth-order valence-corrected chi connectivity index (χ4v) is 2.21. The van der Waals surface area contributed by atoms with Crippen molar-refractivity contribution in [3.05, 3.63) is 47.0 Å². The second kappa shape index (κ2) is 6.76. The summed E-state index contributed by atoms with van der Waals surface area (Å²) in [6.45, 7) is 4.77. The fraction of sp³-hybridized carbons (Fsp3) is 0.400. The van der Waals surface area contributed by atoms with E-state index in [4.69, 9.17) is 0 Å². The molecule has 0 fully saturated rings. The van der Waals surface area contributed by atoms with Gasteiger partial charge in [0.15, 0.2) is 0 Å². The minimum absolute atomic E-state index is 0.145. The second-order valence-corrected chi connectivity index (χ2v) is 4.88. The molecule has 21 heavy (non-hydrogen) atoms. The molecule has 1 N–H and O–H groups in total. The first-order chi connectivity index (χ1) is 10.0. The van der Waals surface area contributed by atoms with E-state index in [1.54, 1.807) is 6.92 Å². The van der Waals surface area contributed by atoms with Crippen LogP contribution in [-0.2, 0) is 6.54 Å². The van der Waals surface area contributed by atoms with Crippen molar-refractivity contribution >= 4 is 0 Å². The summed E-state index contributed by atoms with van der Waals surface area (Å²) in [6, 6.07) is 4.02. The normalized spacial score (nSPS) is 11.3. The molecule has 114 valence electrons. The van der Waals surface area contributed by atoms with Crippen molar-refractivity contribution in [2.45, 2.75) is 33.2 Å². The summed E-state index contributed by atoms with van der Waals surface area (Å²) < 4.78 is 41.1. The van der Waals surface area contributed by atoms with Gasteiger partial charge in [-0.05, 0) is 43.7 Å². The SMILES string of the molecule is CCCNCc1cnn(-c2ccc(F)cc2C)c1C(F)F. The molecule has 1 aromatic heterocycles. The third kappa shape index (κ3) is 3.44. The quantitative estimate of drug-likeness (QED) is 0.823. The molecule has 6 heteroatoms. The summed E-state index contributed by atoms with van der Waals surface area (Å²) in [5.74, 6) is -0.396. The van der Waals surface area contributed by atoms with Crippen LogP contribution in [0.4, 0.5) is 13.2 Å². The monoisotopic (exact) mass is 297 g/mol. The first-order valence-corrected chi connectivity index (χ1v) is 6.86. The van der Waals surface area contributed by atoms with Gasteiger partial charge in [0.1, 0.15) is 11.5 Å². The number of rotatable bonds is 6. The number of hydrogen-bond donors (Lipinski definition) is 1. The van der Waals surface area contributed by atoms with Crippen molar-refractivity contribution < 1.29 is 13.2 Å². The van der Waals surface area contributed by atoms with Crippen LogP contribution in [0.25, 0.3) is 5.69 Å². The second-order valence-electron chi connectivity index (χ2n) is 4.88. The van der Waals surface area contributed by atoms with Crippen LogP contribution in [0.1, 0.15) is 36.6 Å². The highest BCUT2D eigenvalue weighted by Gasteiger charge is 2.21. The number of nitrogens with one attached hydrogen (secondary N) is 1. The predicted molar refractivity (Wildman–Crippen MR) is 75.2 cm³/mol. The lowest BCUT2D eigenvalue weighted by Gasteiger charge is -2.11. The van der Waals surface area contributed by atoms with Crippen LogP contribution in [-0.4, -0.2) is 16.3 Å². The summed E-state index contributed by atoms with van der Waals surface area (Å²) in [7, 11) is 0. The van der Waals surface area contributed by atoms with E-state index >= 15 is 0 Å². The Balaban J connectivity index is 2.39. The maximum Gasteiger partial charge on any atom is 0.280 e. The van der Waals surface area contributed by atoms with Crippen molar-refractivity contribution in [3.63, 3.8) is 0 Å². The summed E-state index contributed by atoms with van der Waals surface area (Å²) >= 11 is 0. The van der Waals surface area contributed by atoms with Crippen LogP contribution in [0.3, 0.4) is 0 Å². The van der Waals surface area contributed by atoms with Crippen LogP contribution in [0.2, 0.25) is 0 Å². The molecule has 1 heterocycles. The van der Waals surface area contributed by atoms with Gasteiger partial charge in [-0.25, -0.2) is 17.9 Å². The molecule has 0 aliphatic carbocycles. The maximum absolute atomic E-state index is 13.4. The smallest absolute Gasteiger partial charge is 0.280 e. The Morgan fingerprint density at radius 1 is 1.33 bits per heavy atom. The molecule has 2 rings (SSSR count). The third-order valence-corrected chi connectivity index (χ3v) is 3.22. The molecule has 0 unspecified atom stereocenters. The van der Waals surface area contributed by atoms with E-state index in [1.807, 2.05) is 6.92 Å². The van der Waals surface area contributed by atoms with Gasteiger partial charge in [0.2, 0.25) is 0 Å². The Bertz CT molecular complexity index is 608. The topological polar surface area (TPSA) is 29.9 Å². The first-order valence-electron chi connectivity index (χ1n) is 6.86. The minimum atomic E-state index is -2.64. The molecule has 0 spiro atoms. The highest BCUT2D eigenvalue weighted by Crippen LogP contribution is 2.27. The zero-order valence-electron chi connectivity index (χ0n) is 12.0. The van der Waals surface area contributed by atoms with Gasteiger partial charge < -0.3 is 5.32 Å². The van der Waals surface area contributed by atoms with E-state index in [9.17, 15) is 13.2 Å². The number of alkyl halides is 2. The highest BCUT2D eigenvalue weighted by molar-refractivity contribution is 5.42. The summed E-state index contributed by atoms with van der Waals surface area (Å²) in [4.78, 5) is 0. The van der Waals surface area contributed by atoms with E-state index < -0.39 is 12.2 Å². The Morgan fingerprint density at radius 2 is 2.10 bits per heavy atom. The lowest BCUT2D eigenvalue weighted by molar-refractivity contribution is 0.141. The Kier molecular flexibility index (Phi) is 5.01. The van der Waals surface area contributed by atoms with Crippen LogP contribution < -0.4 is 5.32 Å². The largest absolute Gasteiger partial charge is 0.313 e. The Morgan fingerprint density at radius 3 is 2.71 bits per heavy atom. The molecular formula is C15H18F3N3. The minimum Gasteiger partial charge on any atom is -0.313 e. The van der Waals surface area contributed by atoms with Gasteiger partial charge in [0.25, 0.3) is 6.43 Å². The van der Waals surface area contributed by atoms with Crippen LogP contribution >= 0.6 is 0 Å². The van der Waals surface area contributed by atoms with E-state index in [1.165, 1.54) is 29.1 Å². The molecule has 0 bridgehead atoms. The summed E-state index contributed by atoms with van der Waals surface area (Å²) in [6.07, 6.45) is -0.280. The average molecular weight is 297 g/mol. The van der Waals surface area contributed by atoms with E-state index in [0.717, 1.165) is 13.0 Å². The van der Waals surface area contributed by atoms with Gasteiger partial charge in [0.05, 0.1) is 11.9 Å². The lowest BCUT2D eigenvalue weighted by Crippen LogP contribution is -2.15. The zero-order valence-corrected chi connectivity index (χ0v) is 12.0. The Hall–Kier alpha value is -1.82. The van der Waals surface area contributed by atoms with E-state index in [0.29, 0.717) is 23.4 Å². The van der Waals surface area contributed by atoms with Crippen molar-refractivity contribution in [3.8, 4) is 5.69 Å². The number of aromatic nitrogens is 2. The molecule has 0 amide bonds. The number of hydrogen-bond acceptors (Lipinski definition) is 2. The van der Waals surface area contributed by atoms with Gasteiger partial charge in [-0.2, -0.15) is 5.10 Å². The molecule has 3 nitrogen and oxygen atoms in total. The van der Waals surface area contributed by atoms with E-state index in [-0.39, 0.29) is 5.69 Å². The van der Waals surface area contributed by atoms with Gasteiger partial charge >= 0.3 is 0 Å². The molecule has 0 saturated carbocycles. The average Bonchev–Trinajstić information content (AvgIpc) is 2.83. The van der Waals surface area contributed by atoms with Crippen molar-refractivity contribution in [1.82, 2.24) is 15.1 Å². The number of benzene rings is 1. The maximum atomic E-state index is 13.4. The standard InChI is InChI=1S/C15H18F3N3/c1-3-6-19-8-11-9-20-21(14(11)15(17)18)13-5-4-12(16)7-10(13)2/h4-5,7,9,15,19H,3,6,8H2,1-2H3. The first kappa shape index (κ1) is 15.6. The molecule has 0 aliphatic heterocycles.